The van der Waals surface area contributed by atoms with E-state index in [0.29, 0.717) is 5.69 Å². The molecule has 0 spiro atoms. The third-order valence-electron chi connectivity index (χ3n) is 5.13. The molecule has 33 heavy (non-hydrogen) atoms. The van der Waals surface area contributed by atoms with Crippen molar-refractivity contribution in [1.29, 1.82) is 0 Å². The molecular weight excluding hydrogens is 440 g/mol. The van der Waals surface area contributed by atoms with Gasteiger partial charge in [-0.25, -0.2) is 5.01 Å². The number of hydrazine groups is 1. The van der Waals surface area contributed by atoms with Gasteiger partial charge in [0.2, 0.25) is 5.91 Å². The Hall–Kier alpha value is -3.98. The SMILES string of the molecule is Cc1cccc(NC(=O)CC2C(=O)N(Cc3ccccc3)C(=S)N2NC(=O)c2ccco2)c1. The number of carbonyl (C=O) groups excluding carboxylic acids is 3. The summed E-state index contributed by atoms with van der Waals surface area (Å²) in [6, 6.07) is 18.8. The van der Waals surface area contributed by atoms with Crippen molar-refractivity contribution in [2.24, 2.45) is 0 Å². The Balaban J connectivity index is 1.54. The van der Waals surface area contributed by atoms with Crippen LogP contribution in [0.1, 0.15) is 28.1 Å². The van der Waals surface area contributed by atoms with Gasteiger partial charge in [-0.15, -0.1) is 0 Å². The Morgan fingerprint density at radius 2 is 1.85 bits per heavy atom. The predicted octanol–water partition coefficient (Wildman–Crippen LogP) is 3.26. The van der Waals surface area contributed by atoms with Gasteiger partial charge in [0.1, 0.15) is 6.04 Å². The Bertz CT molecular complexity index is 1180. The molecule has 2 N–H and O–H groups in total. The molecule has 3 amide bonds. The molecule has 4 rings (SSSR count). The van der Waals surface area contributed by atoms with Crippen molar-refractivity contribution in [3.8, 4) is 0 Å². The van der Waals surface area contributed by atoms with Gasteiger partial charge < -0.3 is 9.73 Å². The number of hydrogen-bond acceptors (Lipinski definition) is 5. The number of hydrogen-bond donors (Lipinski definition) is 2. The number of benzene rings is 2. The quantitative estimate of drug-likeness (QED) is 0.524. The molecule has 0 saturated carbocycles. The van der Waals surface area contributed by atoms with Crippen molar-refractivity contribution in [2.75, 3.05) is 5.32 Å². The first-order valence-corrected chi connectivity index (χ1v) is 10.7. The molecular formula is C24H22N4O4S. The second kappa shape index (κ2) is 9.66. The molecule has 0 bridgehead atoms. The molecule has 1 atom stereocenters. The number of nitrogens with zero attached hydrogens (tertiary/aromatic N) is 2. The summed E-state index contributed by atoms with van der Waals surface area (Å²) in [5.74, 6) is -1.25. The smallest absolute Gasteiger partial charge is 0.305 e. The highest BCUT2D eigenvalue weighted by molar-refractivity contribution is 7.80. The lowest BCUT2D eigenvalue weighted by Crippen LogP contribution is -2.49. The largest absolute Gasteiger partial charge is 0.459 e. The Morgan fingerprint density at radius 3 is 2.55 bits per heavy atom. The summed E-state index contributed by atoms with van der Waals surface area (Å²) >= 11 is 5.52. The van der Waals surface area contributed by atoms with Crippen LogP contribution >= 0.6 is 12.2 Å². The highest BCUT2D eigenvalue weighted by Gasteiger charge is 2.44. The lowest BCUT2D eigenvalue weighted by Gasteiger charge is -2.23. The topological polar surface area (TPSA) is 94.9 Å². The molecule has 1 unspecified atom stereocenters. The molecule has 168 valence electrons. The van der Waals surface area contributed by atoms with Crippen molar-refractivity contribution in [1.82, 2.24) is 15.3 Å². The van der Waals surface area contributed by atoms with Gasteiger partial charge in [0.05, 0.1) is 19.2 Å². The predicted molar refractivity (Wildman–Crippen MR) is 126 cm³/mol. The molecule has 3 aromatic rings. The average molecular weight is 463 g/mol. The third-order valence-corrected chi connectivity index (χ3v) is 5.55. The summed E-state index contributed by atoms with van der Waals surface area (Å²) in [6.07, 6.45) is 1.17. The van der Waals surface area contributed by atoms with Crippen molar-refractivity contribution in [3.05, 3.63) is 89.9 Å². The monoisotopic (exact) mass is 462 g/mol. The number of furan rings is 1. The summed E-state index contributed by atoms with van der Waals surface area (Å²) in [6.45, 7) is 2.14. The van der Waals surface area contributed by atoms with E-state index in [1.54, 1.807) is 12.1 Å². The number of aryl methyl sites for hydroxylation is 1. The fraction of sp³-hybridized carbons (Fsp3) is 0.167. The van der Waals surface area contributed by atoms with Crippen molar-refractivity contribution >= 4 is 40.7 Å². The van der Waals surface area contributed by atoms with Crippen molar-refractivity contribution in [2.45, 2.75) is 25.9 Å². The zero-order chi connectivity index (χ0) is 23.4. The van der Waals surface area contributed by atoms with E-state index in [9.17, 15) is 14.4 Å². The minimum Gasteiger partial charge on any atom is -0.459 e. The highest BCUT2D eigenvalue weighted by atomic mass is 32.1. The van der Waals surface area contributed by atoms with Crippen LogP contribution in [0.4, 0.5) is 5.69 Å². The highest BCUT2D eigenvalue weighted by Crippen LogP contribution is 2.22. The molecule has 1 fully saturated rings. The first-order chi connectivity index (χ1) is 15.9. The van der Waals surface area contributed by atoms with E-state index < -0.39 is 11.9 Å². The molecule has 0 aliphatic carbocycles. The van der Waals surface area contributed by atoms with Gasteiger partial charge in [0, 0.05) is 5.69 Å². The first-order valence-electron chi connectivity index (χ1n) is 10.3. The standard InChI is InChI=1S/C24H22N4O4S/c1-16-7-5-10-18(13-16)25-21(29)14-19-23(31)27(15-17-8-3-2-4-9-17)24(33)28(19)26-22(30)20-11-6-12-32-20/h2-13,19H,14-15H2,1H3,(H,25,29)(H,26,30). The molecule has 8 nitrogen and oxygen atoms in total. The van der Waals surface area contributed by atoms with Gasteiger partial charge in [-0.1, -0.05) is 42.5 Å². The van der Waals surface area contributed by atoms with Crippen LogP contribution in [0, 0.1) is 6.92 Å². The molecule has 0 radical (unpaired) electrons. The van der Waals surface area contributed by atoms with Crippen LogP contribution in [0.25, 0.3) is 0 Å². The minimum absolute atomic E-state index is 0.0646. The van der Waals surface area contributed by atoms with Gasteiger partial charge in [0.15, 0.2) is 10.9 Å². The normalized spacial score (nSPS) is 15.6. The van der Waals surface area contributed by atoms with E-state index in [1.165, 1.54) is 22.2 Å². The zero-order valence-corrected chi connectivity index (χ0v) is 18.7. The van der Waals surface area contributed by atoms with E-state index in [0.717, 1.165) is 11.1 Å². The fourth-order valence-electron chi connectivity index (χ4n) is 3.55. The number of thiocarbonyl (C=S) groups is 1. The summed E-state index contributed by atoms with van der Waals surface area (Å²) in [4.78, 5) is 40.0. The third kappa shape index (κ3) is 5.09. The Morgan fingerprint density at radius 1 is 1.06 bits per heavy atom. The van der Waals surface area contributed by atoms with Crippen LogP contribution in [-0.4, -0.2) is 38.8 Å². The van der Waals surface area contributed by atoms with Gasteiger partial charge in [-0.2, -0.15) is 0 Å². The summed E-state index contributed by atoms with van der Waals surface area (Å²) in [5, 5.41) is 4.17. The molecule has 1 saturated heterocycles. The Kier molecular flexibility index (Phi) is 6.50. The van der Waals surface area contributed by atoms with E-state index >= 15 is 0 Å². The van der Waals surface area contributed by atoms with Crippen LogP contribution < -0.4 is 10.7 Å². The number of carbonyl (C=O) groups is 3. The summed E-state index contributed by atoms with van der Waals surface area (Å²) < 4.78 is 5.14. The summed E-state index contributed by atoms with van der Waals surface area (Å²) in [5.41, 5.74) is 5.11. The van der Waals surface area contributed by atoms with E-state index in [1.807, 2.05) is 55.5 Å². The Labute approximate surface area is 196 Å². The fourth-order valence-corrected chi connectivity index (χ4v) is 3.87. The number of anilines is 1. The maximum atomic E-state index is 13.3. The number of amides is 3. The van der Waals surface area contributed by atoms with Crippen LogP contribution in [-0.2, 0) is 16.1 Å². The van der Waals surface area contributed by atoms with Crippen LogP contribution in [0.2, 0.25) is 0 Å². The zero-order valence-electron chi connectivity index (χ0n) is 17.9. The second-order valence-corrected chi connectivity index (χ2v) is 7.98. The second-order valence-electron chi connectivity index (χ2n) is 7.62. The van der Waals surface area contributed by atoms with Crippen LogP contribution in [0.3, 0.4) is 0 Å². The molecule has 1 aliphatic rings. The van der Waals surface area contributed by atoms with Crippen LogP contribution in [0.15, 0.2) is 77.4 Å². The van der Waals surface area contributed by atoms with Crippen LogP contribution in [0.5, 0.6) is 0 Å². The number of nitrogens with one attached hydrogen (secondary N) is 2. The maximum absolute atomic E-state index is 13.3. The molecule has 2 aromatic carbocycles. The van der Waals surface area contributed by atoms with Crippen molar-refractivity contribution < 1.29 is 18.8 Å². The lowest BCUT2D eigenvalue weighted by molar-refractivity contribution is -0.131. The average Bonchev–Trinajstić information content (AvgIpc) is 3.40. The molecule has 1 aliphatic heterocycles. The minimum atomic E-state index is -0.995. The first kappa shape index (κ1) is 22.2. The summed E-state index contributed by atoms with van der Waals surface area (Å²) in [7, 11) is 0. The van der Waals surface area contributed by atoms with E-state index in [-0.39, 0.29) is 35.7 Å². The molecule has 1 aromatic heterocycles. The molecule has 2 heterocycles. The lowest BCUT2D eigenvalue weighted by atomic mass is 10.1. The van der Waals surface area contributed by atoms with E-state index in [2.05, 4.69) is 10.7 Å². The van der Waals surface area contributed by atoms with Gasteiger partial charge in [0.25, 0.3) is 5.91 Å². The van der Waals surface area contributed by atoms with Gasteiger partial charge in [-0.3, -0.25) is 24.7 Å². The van der Waals surface area contributed by atoms with E-state index in [4.69, 9.17) is 16.6 Å². The molecule has 9 heteroatoms. The number of rotatable bonds is 7. The van der Waals surface area contributed by atoms with Gasteiger partial charge in [-0.05, 0) is 54.5 Å². The maximum Gasteiger partial charge on any atom is 0.305 e. The van der Waals surface area contributed by atoms with Crippen molar-refractivity contribution in [3.63, 3.8) is 0 Å². The van der Waals surface area contributed by atoms with Gasteiger partial charge >= 0.3 is 5.91 Å².